The van der Waals surface area contributed by atoms with E-state index in [9.17, 15) is 25.3 Å². The average Bonchev–Trinajstić information content (AvgIpc) is 2.88. The van der Waals surface area contributed by atoms with Gasteiger partial charge in [-0.1, -0.05) is 12.1 Å². The molecule has 0 radical (unpaired) electrons. The Morgan fingerprint density at radius 1 is 0.963 bits per heavy atom. The standard InChI is InChI=1S/C16H18N2O6S3/c1-11-9-12-10-13(26(17,21)22)7-8-14(12)18(11)27(23,24)16-6-4-3-5-15(16)25(2,19)20/h3-8,10-11H,9H2,1-2H3,(H2,17,21,22)/t11-/m1/s1. The summed E-state index contributed by atoms with van der Waals surface area (Å²) in [6, 6.07) is 8.83. The number of sulfonamides is 2. The van der Waals surface area contributed by atoms with Crippen LogP contribution in [0.25, 0.3) is 0 Å². The SMILES string of the molecule is C[C@@H]1Cc2cc(S(N)(=O)=O)ccc2N1S(=O)(=O)c1ccccc1S(C)(=O)=O. The van der Waals surface area contributed by atoms with Crippen LogP contribution >= 0.6 is 0 Å². The van der Waals surface area contributed by atoms with E-state index in [1.54, 1.807) is 6.92 Å². The third-order valence-electron chi connectivity index (χ3n) is 4.32. The molecule has 2 aromatic carbocycles. The van der Waals surface area contributed by atoms with E-state index >= 15 is 0 Å². The van der Waals surface area contributed by atoms with E-state index in [1.807, 2.05) is 0 Å². The maximum atomic E-state index is 13.3. The quantitative estimate of drug-likeness (QED) is 0.766. The molecule has 0 amide bonds. The summed E-state index contributed by atoms with van der Waals surface area (Å²) in [6.45, 7) is 1.66. The number of sulfone groups is 1. The second-order valence-electron chi connectivity index (χ2n) is 6.41. The third kappa shape index (κ3) is 3.47. The number of hydrogen-bond donors (Lipinski definition) is 1. The highest BCUT2D eigenvalue weighted by Crippen LogP contribution is 2.38. The van der Waals surface area contributed by atoms with Crippen molar-refractivity contribution in [3.8, 4) is 0 Å². The number of nitrogens with zero attached hydrogens (tertiary/aromatic N) is 1. The molecule has 0 bridgehead atoms. The Labute approximate surface area is 158 Å². The molecule has 0 aromatic heterocycles. The van der Waals surface area contributed by atoms with Gasteiger partial charge in [0.15, 0.2) is 9.84 Å². The largest absolute Gasteiger partial charge is 0.265 e. The topological polar surface area (TPSA) is 132 Å². The molecule has 0 aliphatic carbocycles. The smallest absolute Gasteiger partial charge is 0.263 e. The Morgan fingerprint density at radius 2 is 1.56 bits per heavy atom. The van der Waals surface area contributed by atoms with E-state index in [2.05, 4.69) is 0 Å². The number of fused-ring (bicyclic) bond motifs is 1. The van der Waals surface area contributed by atoms with E-state index in [-0.39, 0.29) is 21.1 Å². The van der Waals surface area contributed by atoms with Gasteiger partial charge in [0.25, 0.3) is 10.0 Å². The van der Waals surface area contributed by atoms with Crippen LogP contribution in [0.2, 0.25) is 0 Å². The molecule has 0 saturated carbocycles. The molecule has 1 atom stereocenters. The van der Waals surface area contributed by atoms with E-state index in [0.717, 1.165) is 10.6 Å². The number of hydrogen-bond acceptors (Lipinski definition) is 6. The minimum Gasteiger partial charge on any atom is -0.263 e. The monoisotopic (exact) mass is 430 g/mol. The van der Waals surface area contributed by atoms with Crippen LogP contribution in [0.1, 0.15) is 12.5 Å². The highest BCUT2D eigenvalue weighted by Gasteiger charge is 2.38. The van der Waals surface area contributed by atoms with Gasteiger partial charge in [-0.25, -0.2) is 30.4 Å². The zero-order valence-corrected chi connectivity index (χ0v) is 17.0. The molecule has 11 heteroatoms. The Morgan fingerprint density at radius 3 is 2.11 bits per heavy atom. The van der Waals surface area contributed by atoms with Gasteiger partial charge in [-0.2, -0.15) is 0 Å². The normalized spacial score (nSPS) is 17.7. The van der Waals surface area contributed by atoms with Crippen molar-refractivity contribution in [2.75, 3.05) is 10.6 Å². The number of benzene rings is 2. The van der Waals surface area contributed by atoms with Gasteiger partial charge in [0.1, 0.15) is 4.90 Å². The first kappa shape index (κ1) is 19.8. The van der Waals surface area contributed by atoms with Gasteiger partial charge < -0.3 is 0 Å². The molecule has 146 valence electrons. The van der Waals surface area contributed by atoms with Crippen LogP contribution < -0.4 is 9.44 Å². The Bertz CT molecular complexity index is 1230. The molecule has 8 nitrogen and oxygen atoms in total. The van der Waals surface area contributed by atoms with Gasteiger partial charge in [-0.3, -0.25) is 4.31 Å². The number of anilines is 1. The molecular weight excluding hydrogens is 412 g/mol. The van der Waals surface area contributed by atoms with E-state index in [1.165, 1.54) is 42.5 Å². The summed E-state index contributed by atoms with van der Waals surface area (Å²) in [5, 5.41) is 5.14. The fourth-order valence-electron chi connectivity index (χ4n) is 3.20. The Kier molecular flexibility index (Phi) is 4.62. The third-order valence-corrected chi connectivity index (χ3v) is 8.50. The predicted molar refractivity (Wildman–Crippen MR) is 100 cm³/mol. The van der Waals surface area contributed by atoms with Crippen molar-refractivity contribution in [3.63, 3.8) is 0 Å². The van der Waals surface area contributed by atoms with Crippen molar-refractivity contribution >= 4 is 35.6 Å². The highest BCUT2D eigenvalue weighted by atomic mass is 32.2. The molecule has 0 unspecified atom stereocenters. The van der Waals surface area contributed by atoms with Crippen molar-refractivity contribution in [1.82, 2.24) is 0 Å². The van der Waals surface area contributed by atoms with Crippen LogP contribution in [0, 0.1) is 0 Å². The Balaban J connectivity index is 2.20. The predicted octanol–water partition coefficient (Wildman–Crippen LogP) is 0.877. The summed E-state index contributed by atoms with van der Waals surface area (Å²) < 4.78 is 74.8. The lowest BCUT2D eigenvalue weighted by Gasteiger charge is -2.25. The van der Waals surface area contributed by atoms with Crippen LogP contribution in [-0.4, -0.2) is 37.6 Å². The molecule has 1 aliphatic heterocycles. The lowest BCUT2D eigenvalue weighted by Crippen LogP contribution is -2.36. The summed E-state index contributed by atoms with van der Waals surface area (Å²) in [5.41, 5.74) is 0.813. The van der Waals surface area contributed by atoms with Gasteiger partial charge in [-0.15, -0.1) is 0 Å². The Hall–Kier alpha value is -1.95. The zero-order valence-electron chi connectivity index (χ0n) is 14.5. The minimum atomic E-state index is -4.19. The fourth-order valence-corrected chi connectivity index (χ4v) is 7.06. The average molecular weight is 431 g/mol. The summed E-state index contributed by atoms with van der Waals surface area (Å²) in [6.07, 6.45) is 1.22. The van der Waals surface area contributed by atoms with Crippen molar-refractivity contribution < 1.29 is 25.3 Å². The molecule has 2 N–H and O–H groups in total. The second kappa shape index (κ2) is 6.30. The van der Waals surface area contributed by atoms with Crippen LogP contribution in [0.4, 0.5) is 5.69 Å². The second-order valence-corrected chi connectivity index (χ2v) is 11.7. The number of primary sulfonamides is 1. The van der Waals surface area contributed by atoms with E-state index < -0.39 is 35.9 Å². The first-order chi connectivity index (χ1) is 12.3. The molecular formula is C16H18N2O6S3. The first-order valence-electron chi connectivity index (χ1n) is 7.83. The van der Waals surface area contributed by atoms with Crippen LogP contribution in [-0.2, 0) is 36.3 Å². The fraction of sp³-hybridized carbons (Fsp3) is 0.250. The van der Waals surface area contributed by atoms with Gasteiger partial charge in [0.05, 0.1) is 15.5 Å². The molecule has 2 aromatic rings. The van der Waals surface area contributed by atoms with Crippen molar-refractivity contribution in [1.29, 1.82) is 0 Å². The zero-order chi connectivity index (χ0) is 20.2. The van der Waals surface area contributed by atoms with Gasteiger partial charge >= 0.3 is 0 Å². The van der Waals surface area contributed by atoms with Crippen LogP contribution in [0.5, 0.6) is 0 Å². The van der Waals surface area contributed by atoms with Gasteiger partial charge in [0, 0.05) is 12.3 Å². The maximum absolute atomic E-state index is 13.3. The summed E-state index contributed by atoms with van der Waals surface area (Å²) >= 11 is 0. The highest BCUT2D eigenvalue weighted by molar-refractivity contribution is 7.95. The summed E-state index contributed by atoms with van der Waals surface area (Å²) in [7, 11) is -11.9. The lowest BCUT2D eigenvalue weighted by atomic mass is 10.1. The maximum Gasteiger partial charge on any atom is 0.265 e. The van der Waals surface area contributed by atoms with Crippen LogP contribution in [0.3, 0.4) is 0 Å². The van der Waals surface area contributed by atoms with Crippen LogP contribution in [0.15, 0.2) is 57.2 Å². The van der Waals surface area contributed by atoms with E-state index in [0.29, 0.717) is 11.3 Å². The van der Waals surface area contributed by atoms with E-state index in [4.69, 9.17) is 5.14 Å². The number of nitrogens with two attached hydrogens (primary N) is 1. The molecule has 3 rings (SSSR count). The molecule has 27 heavy (non-hydrogen) atoms. The first-order valence-corrected chi connectivity index (χ1v) is 12.7. The molecule has 0 fully saturated rings. The molecule has 1 heterocycles. The molecule has 0 saturated heterocycles. The van der Waals surface area contributed by atoms with Crippen molar-refractivity contribution in [2.45, 2.75) is 34.1 Å². The summed E-state index contributed by atoms with van der Waals surface area (Å²) in [4.78, 5) is -0.709. The molecule has 0 spiro atoms. The van der Waals surface area contributed by atoms with Crippen molar-refractivity contribution in [2.24, 2.45) is 5.14 Å². The van der Waals surface area contributed by atoms with Gasteiger partial charge in [0.2, 0.25) is 10.0 Å². The lowest BCUT2D eigenvalue weighted by molar-refractivity contribution is 0.576. The minimum absolute atomic E-state index is 0.107. The van der Waals surface area contributed by atoms with Gasteiger partial charge in [-0.05, 0) is 49.2 Å². The summed E-state index contributed by atoms with van der Waals surface area (Å²) in [5.74, 6) is 0. The van der Waals surface area contributed by atoms with Crippen molar-refractivity contribution in [3.05, 3.63) is 48.0 Å². The number of rotatable bonds is 4. The molecule has 1 aliphatic rings.